The van der Waals surface area contributed by atoms with E-state index in [1.54, 1.807) is 18.3 Å². The zero-order valence-corrected chi connectivity index (χ0v) is 12.3. The highest BCUT2D eigenvalue weighted by atomic mass is 35.5. The van der Waals surface area contributed by atoms with Crippen LogP contribution < -0.4 is 10.3 Å². The van der Waals surface area contributed by atoms with E-state index in [9.17, 15) is 4.79 Å². The van der Waals surface area contributed by atoms with Crippen molar-refractivity contribution in [2.24, 2.45) is 0 Å². The molecule has 3 heterocycles. The number of hydrogen-bond acceptors (Lipinski definition) is 4. The molecule has 1 aromatic carbocycles. The fourth-order valence-electron chi connectivity index (χ4n) is 2.47. The Morgan fingerprint density at radius 1 is 1.35 bits per heavy atom. The summed E-state index contributed by atoms with van der Waals surface area (Å²) in [6.45, 7) is 0. The van der Waals surface area contributed by atoms with Crippen LogP contribution in [0.4, 0.5) is 0 Å². The third-order valence-electron chi connectivity index (χ3n) is 3.56. The number of halogens is 1. The molecule has 0 bridgehead atoms. The highest BCUT2D eigenvalue weighted by molar-refractivity contribution is 6.31. The maximum absolute atomic E-state index is 12.7. The summed E-state index contributed by atoms with van der Waals surface area (Å²) in [5.74, 6) is -0.0662. The molecule has 2 aromatic rings. The minimum atomic E-state index is -2.59. The van der Waals surface area contributed by atoms with Gasteiger partial charge in [0.05, 0.1) is 28.6 Å². The first-order valence-electron chi connectivity index (χ1n) is 8.17. The van der Waals surface area contributed by atoms with Gasteiger partial charge in [-0.05, 0) is 24.3 Å². The van der Waals surface area contributed by atoms with Gasteiger partial charge < -0.3 is 9.72 Å². The van der Waals surface area contributed by atoms with Gasteiger partial charge in [0.25, 0.3) is 5.56 Å². The molecule has 7 heteroatoms. The third-order valence-corrected chi connectivity index (χ3v) is 3.79. The maximum Gasteiger partial charge on any atom is 0.282 e. The number of ether oxygens (including phenoxy) is 1. The lowest BCUT2D eigenvalue weighted by Gasteiger charge is -2.02. The van der Waals surface area contributed by atoms with Gasteiger partial charge in [0.1, 0.15) is 5.69 Å². The van der Waals surface area contributed by atoms with Crippen molar-refractivity contribution in [1.82, 2.24) is 19.7 Å². The van der Waals surface area contributed by atoms with Crippen molar-refractivity contribution in [3.05, 3.63) is 58.1 Å². The Kier molecular flexibility index (Phi) is 2.39. The number of aromatic nitrogens is 4. The van der Waals surface area contributed by atoms with Gasteiger partial charge in [-0.2, -0.15) is 9.78 Å². The summed E-state index contributed by atoms with van der Waals surface area (Å²) in [5, 5.41) is 5.65. The minimum Gasteiger partial charge on any atom is -0.481 e. The van der Waals surface area contributed by atoms with E-state index in [2.05, 4.69) is 15.1 Å². The van der Waals surface area contributed by atoms with Crippen LogP contribution in [0.15, 0.2) is 47.5 Å². The van der Waals surface area contributed by atoms with Crippen LogP contribution >= 0.6 is 11.6 Å². The van der Waals surface area contributed by atoms with E-state index in [-0.39, 0.29) is 11.4 Å². The highest BCUT2D eigenvalue weighted by Crippen LogP contribution is 2.28. The van der Waals surface area contributed by atoms with Gasteiger partial charge in [-0.15, -0.1) is 0 Å². The van der Waals surface area contributed by atoms with Crippen LogP contribution in [0.1, 0.15) is 4.11 Å². The zero-order chi connectivity index (χ0) is 18.5. The molecule has 1 aromatic heterocycles. The highest BCUT2D eigenvalue weighted by Gasteiger charge is 2.19. The predicted octanol–water partition coefficient (Wildman–Crippen LogP) is 2.88. The summed E-state index contributed by atoms with van der Waals surface area (Å²) < 4.78 is 27.1. The van der Waals surface area contributed by atoms with Crippen LogP contribution in [-0.4, -0.2) is 26.8 Å². The normalized spacial score (nSPS) is 13.7. The van der Waals surface area contributed by atoms with E-state index >= 15 is 0 Å². The molecule has 1 N–H and O–H groups in total. The Hall–Kier alpha value is -2.86. The molecule has 0 atom stereocenters. The molecule has 0 fully saturated rings. The molecule has 114 valence electrons. The second-order valence-electron chi connectivity index (χ2n) is 4.91. The number of aromatic amines is 1. The van der Waals surface area contributed by atoms with Crippen LogP contribution in [0.25, 0.3) is 27.8 Å². The number of nitrogens with zero attached hydrogens (tertiary/aromatic N) is 3. The van der Waals surface area contributed by atoms with Crippen molar-refractivity contribution < 1.29 is 8.85 Å². The molecule has 4 rings (SSSR count). The average Bonchev–Trinajstić information content (AvgIpc) is 2.92. The van der Waals surface area contributed by atoms with E-state index in [1.165, 1.54) is 23.0 Å². The Balaban J connectivity index is 1.83. The van der Waals surface area contributed by atoms with Gasteiger partial charge in [-0.3, -0.25) is 4.79 Å². The Morgan fingerprint density at radius 3 is 3.04 bits per heavy atom. The zero-order valence-electron chi connectivity index (χ0n) is 14.6. The van der Waals surface area contributed by atoms with Crippen molar-refractivity contribution in [3.8, 4) is 22.8 Å². The fraction of sp³-hybridized carbons (Fsp3) is 0.0625. The lowest BCUT2D eigenvalue weighted by atomic mass is 10.1. The van der Waals surface area contributed by atoms with E-state index in [1.807, 2.05) is 6.07 Å². The van der Waals surface area contributed by atoms with Crippen LogP contribution in [-0.2, 0) is 0 Å². The summed E-state index contributed by atoms with van der Waals surface area (Å²) in [7, 11) is -2.59. The summed E-state index contributed by atoms with van der Waals surface area (Å²) in [4.78, 5) is 19.6. The quantitative estimate of drug-likeness (QED) is 0.613. The Morgan fingerprint density at radius 2 is 2.26 bits per heavy atom. The van der Waals surface area contributed by atoms with Crippen molar-refractivity contribution in [2.75, 3.05) is 7.04 Å². The molecule has 0 saturated heterocycles. The summed E-state index contributed by atoms with van der Waals surface area (Å²) >= 11 is 6.06. The first kappa shape index (κ1) is 10.8. The lowest BCUT2D eigenvalue weighted by molar-refractivity contribution is 0.397. The number of nitrogens with one attached hydrogen (secondary N) is 1. The predicted molar refractivity (Wildman–Crippen MR) is 87.7 cm³/mol. The number of H-pyrrole nitrogens is 1. The van der Waals surface area contributed by atoms with Crippen molar-refractivity contribution in [3.63, 3.8) is 0 Å². The van der Waals surface area contributed by atoms with Crippen molar-refractivity contribution >= 4 is 22.5 Å². The van der Waals surface area contributed by atoms with Crippen molar-refractivity contribution in [2.45, 2.75) is 0 Å². The summed E-state index contributed by atoms with van der Waals surface area (Å²) in [5.41, 5.74) is 1.77. The Bertz CT molecular complexity index is 1140. The molecule has 6 nitrogen and oxygen atoms in total. The number of pyridine rings is 2. The fourth-order valence-corrected chi connectivity index (χ4v) is 2.64. The molecule has 2 aliphatic heterocycles. The molecule has 0 amide bonds. The van der Waals surface area contributed by atoms with Gasteiger partial charge in [-0.25, -0.2) is 4.98 Å². The number of hydrogen-bond donors (Lipinski definition) is 1. The van der Waals surface area contributed by atoms with Gasteiger partial charge >= 0.3 is 0 Å². The second kappa shape index (κ2) is 5.10. The maximum atomic E-state index is 12.7. The van der Waals surface area contributed by atoms with E-state index in [0.29, 0.717) is 22.0 Å². The molecule has 0 unspecified atom stereocenters. The summed E-state index contributed by atoms with van der Waals surface area (Å²) in [6, 6.07) is 8.17. The molecule has 2 aliphatic rings. The number of fused-ring (bicyclic) bond motifs is 3. The first-order valence-corrected chi connectivity index (χ1v) is 7.05. The molecular weight excluding hydrogens is 316 g/mol. The van der Waals surface area contributed by atoms with E-state index in [4.69, 9.17) is 20.5 Å². The minimum absolute atomic E-state index is 0.0662. The number of benzene rings is 1. The number of methoxy groups -OCH3 is 1. The Labute approximate surface area is 139 Å². The number of rotatable bonds is 2. The topological polar surface area (TPSA) is 72.8 Å². The smallest absolute Gasteiger partial charge is 0.282 e. The van der Waals surface area contributed by atoms with Crippen molar-refractivity contribution in [1.29, 1.82) is 0 Å². The van der Waals surface area contributed by atoms with Crippen LogP contribution in [0.2, 0.25) is 5.02 Å². The molecule has 0 radical (unpaired) electrons. The van der Waals surface area contributed by atoms with E-state index in [0.717, 1.165) is 10.9 Å². The monoisotopic (exact) mass is 329 g/mol. The SMILES string of the molecule is [2H]C([2H])([2H])Oc1ccc(-n2nc3c4cc(Cl)ccc4[nH]cc-3c2=O)cn1. The largest absolute Gasteiger partial charge is 0.481 e. The van der Waals surface area contributed by atoms with Gasteiger partial charge in [0.15, 0.2) is 0 Å². The summed E-state index contributed by atoms with van der Waals surface area (Å²) in [6.07, 6.45) is 2.92. The van der Waals surface area contributed by atoms with E-state index < -0.39 is 7.04 Å². The van der Waals surface area contributed by atoms with Gasteiger partial charge in [0, 0.05) is 28.2 Å². The molecule has 0 spiro atoms. The van der Waals surface area contributed by atoms with Crippen LogP contribution in [0, 0.1) is 0 Å². The average molecular weight is 330 g/mol. The standard InChI is InChI=1S/C16H11ClN4O2/c1-23-14-5-3-10(7-19-14)21-16(22)12-8-18-13-4-2-9(17)6-11(13)15(12)20-21/h2-8,18H,1H3/i1D3. The molecule has 0 saturated carbocycles. The third kappa shape index (κ3) is 2.15. The van der Waals surface area contributed by atoms with Gasteiger partial charge in [-0.1, -0.05) is 11.6 Å². The second-order valence-corrected chi connectivity index (χ2v) is 5.35. The lowest BCUT2D eigenvalue weighted by Crippen LogP contribution is -2.14. The molecule has 23 heavy (non-hydrogen) atoms. The first-order chi connectivity index (χ1) is 12.3. The molecule has 0 aliphatic carbocycles. The molecular formula is C16H11ClN4O2. The van der Waals surface area contributed by atoms with Crippen LogP contribution in [0.5, 0.6) is 5.88 Å². The van der Waals surface area contributed by atoms with Gasteiger partial charge in [0.2, 0.25) is 5.88 Å². The van der Waals surface area contributed by atoms with Crippen LogP contribution in [0.3, 0.4) is 0 Å².